The van der Waals surface area contributed by atoms with E-state index in [4.69, 9.17) is 0 Å². The number of likely N-dealkylation sites (tertiary alicyclic amines) is 1. The molecule has 1 aliphatic heterocycles. The molecule has 2 aromatic carbocycles. The third kappa shape index (κ3) is 7.04. The topological polar surface area (TPSA) is 77.5 Å². The Bertz CT molecular complexity index is 1120. The molecule has 4 rings (SSSR count). The van der Waals surface area contributed by atoms with Gasteiger partial charge in [0.25, 0.3) is 5.91 Å². The molecule has 1 aliphatic rings. The summed E-state index contributed by atoms with van der Waals surface area (Å²) in [7, 11) is 0. The number of benzene rings is 2. The SMILES string of the molecule is Cc1cc(-c2ccncc2)cc(C)c1C(=O)NCCC(C)N1CCC(NC(CO)c2ccccc2)CC1. The second-order valence-corrected chi connectivity index (χ2v) is 10.2. The summed E-state index contributed by atoms with van der Waals surface area (Å²) in [6.07, 6.45) is 6.61. The molecule has 0 spiro atoms. The van der Waals surface area contributed by atoms with Crippen LogP contribution in [0.5, 0.6) is 0 Å². The van der Waals surface area contributed by atoms with Gasteiger partial charge in [-0.25, -0.2) is 0 Å². The van der Waals surface area contributed by atoms with Gasteiger partial charge in [-0.05, 0) is 93.1 Å². The van der Waals surface area contributed by atoms with Crippen LogP contribution >= 0.6 is 0 Å². The van der Waals surface area contributed by atoms with Crippen molar-refractivity contribution in [2.75, 3.05) is 26.2 Å². The van der Waals surface area contributed by atoms with Crippen LogP contribution in [0, 0.1) is 13.8 Å². The Labute approximate surface area is 221 Å². The van der Waals surface area contributed by atoms with Crippen molar-refractivity contribution in [1.82, 2.24) is 20.5 Å². The van der Waals surface area contributed by atoms with Crippen LogP contribution in [-0.2, 0) is 0 Å². The Balaban J connectivity index is 1.23. The van der Waals surface area contributed by atoms with Crippen LogP contribution in [0.3, 0.4) is 0 Å². The Morgan fingerprint density at radius 2 is 1.68 bits per heavy atom. The molecule has 2 heterocycles. The number of nitrogens with zero attached hydrogens (tertiary/aromatic N) is 2. The number of aryl methyl sites for hydroxylation is 2. The van der Waals surface area contributed by atoms with Gasteiger partial charge in [-0.3, -0.25) is 9.78 Å². The largest absolute Gasteiger partial charge is 0.394 e. The fourth-order valence-electron chi connectivity index (χ4n) is 5.43. The number of nitrogens with one attached hydrogen (secondary N) is 2. The zero-order valence-electron chi connectivity index (χ0n) is 22.3. The zero-order valence-corrected chi connectivity index (χ0v) is 22.3. The summed E-state index contributed by atoms with van der Waals surface area (Å²) in [5.41, 5.74) is 6.10. The highest BCUT2D eigenvalue weighted by molar-refractivity contribution is 5.97. The molecule has 1 fully saturated rings. The normalized spacial score (nSPS) is 16.3. The standard InChI is InChI=1S/C31H40N4O2/c1-22-19-27(25-10-14-32-15-11-25)20-23(2)30(22)31(37)33-16-9-24(3)35-17-12-28(13-18-35)34-29(21-36)26-7-5-4-6-8-26/h4-8,10-11,14-15,19-20,24,28-29,34,36H,9,12-13,16-18,21H2,1-3H3,(H,33,37). The Morgan fingerprint density at radius 1 is 1.03 bits per heavy atom. The summed E-state index contributed by atoms with van der Waals surface area (Å²) in [6, 6.07) is 19.1. The number of aliphatic hydroxyl groups is 1. The number of piperidine rings is 1. The number of carbonyl (C=O) groups is 1. The molecule has 0 saturated carbocycles. The van der Waals surface area contributed by atoms with Crippen molar-refractivity contribution in [3.8, 4) is 11.1 Å². The van der Waals surface area contributed by atoms with E-state index in [2.05, 4.69) is 51.7 Å². The van der Waals surface area contributed by atoms with Gasteiger partial charge < -0.3 is 20.6 Å². The van der Waals surface area contributed by atoms with E-state index in [1.165, 1.54) is 0 Å². The second kappa shape index (κ2) is 13.0. The average Bonchev–Trinajstić information content (AvgIpc) is 2.92. The maximum atomic E-state index is 13.0. The summed E-state index contributed by atoms with van der Waals surface area (Å²) >= 11 is 0. The second-order valence-electron chi connectivity index (χ2n) is 10.2. The maximum absolute atomic E-state index is 13.0. The van der Waals surface area contributed by atoms with Crippen molar-refractivity contribution in [1.29, 1.82) is 0 Å². The number of rotatable bonds is 10. The number of hydrogen-bond donors (Lipinski definition) is 3. The van der Waals surface area contributed by atoms with Crippen LogP contribution in [-0.4, -0.2) is 59.2 Å². The summed E-state index contributed by atoms with van der Waals surface area (Å²) in [6.45, 7) is 9.07. The van der Waals surface area contributed by atoms with E-state index in [-0.39, 0.29) is 18.6 Å². The van der Waals surface area contributed by atoms with Crippen LogP contribution in [0.1, 0.15) is 59.3 Å². The number of hydrogen-bond acceptors (Lipinski definition) is 5. The molecular weight excluding hydrogens is 460 g/mol. The van der Waals surface area contributed by atoms with Gasteiger partial charge in [-0.15, -0.1) is 0 Å². The number of pyridine rings is 1. The van der Waals surface area contributed by atoms with Crippen molar-refractivity contribution < 1.29 is 9.90 Å². The summed E-state index contributed by atoms with van der Waals surface area (Å²) in [5, 5.41) is 16.7. The van der Waals surface area contributed by atoms with E-state index in [1.807, 2.05) is 44.2 Å². The van der Waals surface area contributed by atoms with Gasteiger partial charge in [0.15, 0.2) is 0 Å². The van der Waals surface area contributed by atoms with E-state index in [0.717, 1.165) is 65.7 Å². The third-order valence-electron chi connectivity index (χ3n) is 7.60. The average molecular weight is 501 g/mol. The Morgan fingerprint density at radius 3 is 2.30 bits per heavy atom. The quantitative estimate of drug-likeness (QED) is 0.377. The molecule has 3 N–H and O–H groups in total. The lowest BCUT2D eigenvalue weighted by molar-refractivity contribution is 0.0942. The molecule has 0 bridgehead atoms. The van der Waals surface area contributed by atoms with Crippen molar-refractivity contribution in [3.63, 3.8) is 0 Å². The molecular formula is C31H40N4O2. The molecule has 0 aliphatic carbocycles. The molecule has 6 nitrogen and oxygen atoms in total. The molecule has 1 saturated heterocycles. The Hall–Kier alpha value is -3.06. The van der Waals surface area contributed by atoms with Crippen LogP contribution in [0.25, 0.3) is 11.1 Å². The fourth-order valence-corrected chi connectivity index (χ4v) is 5.43. The molecule has 196 valence electrons. The molecule has 6 heteroatoms. The number of carbonyl (C=O) groups excluding carboxylic acids is 1. The van der Waals surface area contributed by atoms with E-state index in [9.17, 15) is 9.90 Å². The van der Waals surface area contributed by atoms with E-state index < -0.39 is 0 Å². The first kappa shape index (κ1) is 27.0. The fraction of sp³-hybridized carbons (Fsp3) is 0.419. The van der Waals surface area contributed by atoms with Gasteiger partial charge in [0.2, 0.25) is 0 Å². The lowest BCUT2D eigenvalue weighted by Crippen LogP contribution is -2.47. The number of aromatic nitrogens is 1. The van der Waals surface area contributed by atoms with Crippen molar-refractivity contribution >= 4 is 5.91 Å². The molecule has 3 aromatic rings. The van der Waals surface area contributed by atoms with Gasteiger partial charge in [0.1, 0.15) is 0 Å². The van der Waals surface area contributed by atoms with Gasteiger partial charge in [0.05, 0.1) is 12.6 Å². The molecule has 1 aromatic heterocycles. The number of aliphatic hydroxyl groups excluding tert-OH is 1. The highest BCUT2D eigenvalue weighted by Crippen LogP contribution is 2.25. The minimum atomic E-state index is -0.0175. The van der Waals surface area contributed by atoms with Crippen molar-refractivity contribution in [3.05, 3.63) is 89.2 Å². The zero-order chi connectivity index (χ0) is 26.2. The Kier molecular flexibility index (Phi) is 9.45. The molecule has 37 heavy (non-hydrogen) atoms. The van der Waals surface area contributed by atoms with E-state index >= 15 is 0 Å². The first-order valence-electron chi connectivity index (χ1n) is 13.4. The van der Waals surface area contributed by atoms with Crippen LogP contribution in [0.4, 0.5) is 0 Å². The molecule has 0 radical (unpaired) electrons. The lowest BCUT2D eigenvalue weighted by atomic mass is 9.95. The molecule has 2 atom stereocenters. The van der Waals surface area contributed by atoms with Crippen LogP contribution in [0.2, 0.25) is 0 Å². The molecule has 1 amide bonds. The maximum Gasteiger partial charge on any atom is 0.251 e. The van der Waals surface area contributed by atoms with Gasteiger partial charge in [-0.2, -0.15) is 0 Å². The summed E-state index contributed by atoms with van der Waals surface area (Å²) in [4.78, 5) is 19.6. The smallest absolute Gasteiger partial charge is 0.251 e. The number of amides is 1. The minimum absolute atomic E-state index is 0.00217. The van der Waals surface area contributed by atoms with Gasteiger partial charge in [-0.1, -0.05) is 42.5 Å². The third-order valence-corrected chi connectivity index (χ3v) is 7.60. The van der Waals surface area contributed by atoms with Gasteiger partial charge in [0, 0.05) is 36.6 Å². The van der Waals surface area contributed by atoms with Gasteiger partial charge >= 0.3 is 0 Å². The predicted octanol–water partition coefficient (Wildman–Crippen LogP) is 4.66. The van der Waals surface area contributed by atoms with E-state index in [0.29, 0.717) is 18.6 Å². The predicted molar refractivity (Wildman–Crippen MR) is 150 cm³/mol. The lowest BCUT2D eigenvalue weighted by Gasteiger charge is -2.37. The summed E-state index contributed by atoms with van der Waals surface area (Å²) < 4.78 is 0. The van der Waals surface area contributed by atoms with Crippen molar-refractivity contribution in [2.45, 2.75) is 58.2 Å². The first-order chi connectivity index (χ1) is 18.0. The van der Waals surface area contributed by atoms with E-state index in [1.54, 1.807) is 12.4 Å². The van der Waals surface area contributed by atoms with Crippen LogP contribution < -0.4 is 10.6 Å². The monoisotopic (exact) mass is 500 g/mol. The van der Waals surface area contributed by atoms with Crippen molar-refractivity contribution in [2.24, 2.45) is 0 Å². The summed E-state index contributed by atoms with van der Waals surface area (Å²) in [5.74, 6) is 0.00217. The minimum Gasteiger partial charge on any atom is -0.394 e. The highest BCUT2D eigenvalue weighted by Gasteiger charge is 2.25. The highest BCUT2D eigenvalue weighted by atomic mass is 16.3. The molecule has 2 unspecified atom stereocenters. The first-order valence-corrected chi connectivity index (χ1v) is 13.4. The van der Waals surface area contributed by atoms with Crippen LogP contribution in [0.15, 0.2) is 67.0 Å².